The SMILES string of the molecule is CCCCN(CC)C(=O)c1ccc(NC2CC2)c([N+](=O)[O-])c1. The van der Waals surface area contributed by atoms with Crippen LogP contribution < -0.4 is 5.32 Å². The molecule has 0 aromatic heterocycles. The van der Waals surface area contributed by atoms with Crippen LogP contribution in [0, 0.1) is 10.1 Å². The molecule has 1 aromatic carbocycles. The first-order valence-electron chi connectivity index (χ1n) is 7.91. The van der Waals surface area contributed by atoms with Crippen molar-refractivity contribution in [2.75, 3.05) is 18.4 Å². The molecule has 120 valence electrons. The Kier molecular flexibility index (Phi) is 5.35. The van der Waals surface area contributed by atoms with Crippen LogP contribution in [0.25, 0.3) is 0 Å². The van der Waals surface area contributed by atoms with Crippen molar-refractivity contribution in [1.82, 2.24) is 4.90 Å². The van der Waals surface area contributed by atoms with Gasteiger partial charge in [0.15, 0.2) is 0 Å². The van der Waals surface area contributed by atoms with Crippen molar-refractivity contribution in [2.24, 2.45) is 0 Å². The number of rotatable bonds is 8. The van der Waals surface area contributed by atoms with Crippen LogP contribution in [0.1, 0.15) is 49.9 Å². The highest BCUT2D eigenvalue weighted by atomic mass is 16.6. The molecule has 1 N–H and O–H groups in total. The van der Waals surface area contributed by atoms with Crippen LogP contribution in [0.3, 0.4) is 0 Å². The lowest BCUT2D eigenvalue weighted by atomic mass is 10.1. The van der Waals surface area contributed by atoms with E-state index in [-0.39, 0.29) is 11.6 Å². The minimum absolute atomic E-state index is 0.0238. The number of nitro groups is 1. The van der Waals surface area contributed by atoms with Gasteiger partial charge in [0.2, 0.25) is 0 Å². The van der Waals surface area contributed by atoms with Crippen molar-refractivity contribution in [1.29, 1.82) is 0 Å². The van der Waals surface area contributed by atoms with Gasteiger partial charge < -0.3 is 10.2 Å². The third kappa shape index (κ3) is 3.96. The number of benzene rings is 1. The van der Waals surface area contributed by atoms with E-state index < -0.39 is 4.92 Å². The zero-order valence-corrected chi connectivity index (χ0v) is 13.2. The number of carbonyl (C=O) groups is 1. The molecule has 1 aliphatic carbocycles. The molecule has 0 bridgehead atoms. The molecule has 0 heterocycles. The number of nitrogens with one attached hydrogen (secondary N) is 1. The van der Waals surface area contributed by atoms with E-state index in [0.29, 0.717) is 30.4 Å². The zero-order valence-electron chi connectivity index (χ0n) is 13.2. The second-order valence-corrected chi connectivity index (χ2v) is 5.65. The third-order valence-corrected chi connectivity index (χ3v) is 3.83. The van der Waals surface area contributed by atoms with E-state index in [4.69, 9.17) is 0 Å². The molecule has 1 amide bonds. The minimum Gasteiger partial charge on any atom is -0.377 e. The largest absolute Gasteiger partial charge is 0.377 e. The fourth-order valence-electron chi connectivity index (χ4n) is 2.32. The third-order valence-electron chi connectivity index (χ3n) is 3.83. The molecule has 6 heteroatoms. The highest BCUT2D eigenvalue weighted by molar-refractivity contribution is 5.95. The van der Waals surface area contributed by atoms with E-state index in [1.54, 1.807) is 17.0 Å². The smallest absolute Gasteiger partial charge is 0.293 e. The fraction of sp³-hybridized carbons (Fsp3) is 0.562. The second kappa shape index (κ2) is 7.24. The van der Waals surface area contributed by atoms with Gasteiger partial charge in [-0.3, -0.25) is 14.9 Å². The molecule has 1 aromatic rings. The molecular formula is C16H23N3O3. The Morgan fingerprint density at radius 2 is 2.14 bits per heavy atom. The first-order chi connectivity index (χ1) is 10.6. The van der Waals surface area contributed by atoms with Crippen LogP contribution >= 0.6 is 0 Å². The van der Waals surface area contributed by atoms with Gasteiger partial charge in [0.25, 0.3) is 11.6 Å². The Bertz CT molecular complexity index is 556. The quantitative estimate of drug-likeness (QED) is 0.589. The molecule has 0 aliphatic heterocycles. The lowest BCUT2D eigenvalue weighted by Crippen LogP contribution is -2.31. The molecule has 0 saturated heterocycles. The lowest BCUT2D eigenvalue weighted by molar-refractivity contribution is -0.384. The summed E-state index contributed by atoms with van der Waals surface area (Å²) >= 11 is 0. The average molecular weight is 305 g/mol. The Hall–Kier alpha value is -2.11. The Morgan fingerprint density at radius 3 is 2.68 bits per heavy atom. The number of anilines is 1. The predicted octanol–water partition coefficient (Wildman–Crippen LogP) is 3.43. The lowest BCUT2D eigenvalue weighted by Gasteiger charge is -2.20. The molecule has 0 atom stereocenters. The number of amides is 1. The normalized spacial score (nSPS) is 13.7. The van der Waals surface area contributed by atoms with Crippen LogP contribution in [-0.4, -0.2) is 34.9 Å². The van der Waals surface area contributed by atoms with Crippen molar-refractivity contribution < 1.29 is 9.72 Å². The van der Waals surface area contributed by atoms with E-state index in [9.17, 15) is 14.9 Å². The van der Waals surface area contributed by atoms with Gasteiger partial charge in [-0.05, 0) is 38.3 Å². The van der Waals surface area contributed by atoms with Crippen LogP contribution in [-0.2, 0) is 0 Å². The van der Waals surface area contributed by atoms with Crippen molar-refractivity contribution >= 4 is 17.3 Å². The summed E-state index contributed by atoms with van der Waals surface area (Å²) in [6, 6.07) is 5.05. The molecule has 0 radical (unpaired) electrons. The Morgan fingerprint density at radius 1 is 1.41 bits per heavy atom. The molecular weight excluding hydrogens is 282 g/mol. The molecule has 22 heavy (non-hydrogen) atoms. The average Bonchev–Trinajstić information content (AvgIpc) is 3.32. The van der Waals surface area contributed by atoms with Gasteiger partial charge in [-0.2, -0.15) is 0 Å². The molecule has 1 fully saturated rings. The second-order valence-electron chi connectivity index (χ2n) is 5.65. The van der Waals surface area contributed by atoms with Gasteiger partial charge >= 0.3 is 0 Å². The summed E-state index contributed by atoms with van der Waals surface area (Å²) in [6.45, 7) is 5.28. The van der Waals surface area contributed by atoms with Crippen molar-refractivity contribution in [3.8, 4) is 0 Å². The van der Waals surface area contributed by atoms with Gasteiger partial charge in [0.05, 0.1) is 4.92 Å². The summed E-state index contributed by atoms with van der Waals surface area (Å²) in [5.74, 6) is -0.142. The monoisotopic (exact) mass is 305 g/mol. The Balaban J connectivity index is 2.20. The van der Waals surface area contributed by atoms with Gasteiger partial charge in [0, 0.05) is 30.8 Å². The molecule has 1 saturated carbocycles. The maximum atomic E-state index is 12.5. The van der Waals surface area contributed by atoms with Crippen molar-refractivity contribution in [2.45, 2.75) is 45.6 Å². The zero-order chi connectivity index (χ0) is 16.1. The van der Waals surface area contributed by atoms with Crippen molar-refractivity contribution in [3.63, 3.8) is 0 Å². The number of carbonyl (C=O) groups excluding carboxylic acids is 1. The van der Waals surface area contributed by atoms with E-state index in [1.165, 1.54) is 6.07 Å². The summed E-state index contributed by atoms with van der Waals surface area (Å²) in [7, 11) is 0. The van der Waals surface area contributed by atoms with Crippen molar-refractivity contribution in [3.05, 3.63) is 33.9 Å². The summed E-state index contributed by atoms with van der Waals surface area (Å²) < 4.78 is 0. The van der Waals surface area contributed by atoms with Gasteiger partial charge in [0.1, 0.15) is 5.69 Å². The van der Waals surface area contributed by atoms with Crippen LogP contribution in [0.2, 0.25) is 0 Å². The number of unbranched alkanes of at least 4 members (excludes halogenated alkanes) is 1. The molecule has 2 rings (SSSR count). The standard InChI is InChI=1S/C16H23N3O3/c1-3-5-10-18(4-2)16(20)12-6-9-14(17-13-7-8-13)15(11-12)19(21)22/h6,9,11,13,17H,3-5,7-8,10H2,1-2H3. The first kappa shape index (κ1) is 16.3. The summed E-state index contributed by atoms with van der Waals surface area (Å²) in [6.07, 6.45) is 4.02. The minimum atomic E-state index is -0.427. The first-order valence-corrected chi connectivity index (χ1v) is 7.91. The topological polar surface area (TPSA) is 75.5 Å². The highest BCUT2D eigenvalue weighted by Crippen LogP contribution is 2.31. The van der Waals surface area contributed by atoms with E-state index in [0.717, 1.165) is 25.7 Å². The van der Waals surface area contributed by atoms with E-state index in [1.807, 2.05) is 6.92 Å². The van der Waals surface area contributed by atoms with Crippen LogP contribution in [0.5, 0.6) is 0 Å². The van der Waals surface area contributed by atoms with Crippen LogP contribution in [0.15, 0.2) is 18.2 Å². The van der Waals surface area contributed by atoms with Crippen LogP contribution in [0.4, 0.5) is 11.4 Å². The fourth-order valence-corrected chi connectivity index (χ4v) is 2.32. The van der Waals surface area contributed by atoms with Gasteiger partial charge in [-0.1, -0.05) is 13.3 Å². The molecule has 6 nitrogen and oxygen atoms in total. The highest BCUT2D eigenvalue weighted by Gasteiger charge is 2.26. The van der Waals surface area contributed by atoms with Gasteiger partial charge in [-0.15, -0.1) is 0 Å². The number of nitro benzene ring substituents is 1. The number of hydrogen-bond acceptors (Lipinski definition) is 4. The van der Waals surface area contributed by atoms with Gasteiger partial charge in [-0.25, -0.2) is 0 Å². The number of nitrogens with zero attached hydrogens (tertiary/aromatic N) is 2. The summed E-state index contributed by atoms with van der Waals surface area (Å²) in [5.41, 5.74) is 0.857. The van der Waals surface area contributed by atoms with E-state index in [2.05, 4.69) is 12.2 Å². The summed E-state index contributed by atoms with van der Waals surface area (Å²) in [5, 5.41) is 14.4. The maximum absolute atomic E-state index is 12.5. The molecule has 1 aliphatic rings. The predicted molar refractivity (Wildman–Crippen MR) is 86.2 cm³/mol. The summed E-state index contributed by atoms with van der Waals surface area (Å²) in [4.78, 5) is 25.0. The maximum Gasteiger partial charge on any atom is 0.293 e. The molecule has 0 unspecified atom stereocenters. The number of hydrogen-bond donors (Lipinski definition) is 1. The molecule has 0 spiro atoms. The van der Waals surface area contributed by atoms with E-state index >= 15 is 0 Å². The Labute approximate surface area is 130 Å².